The van der Waals surface area contributed by atoms with Crippen molar-refractivity contribution in [3.63, 3.8) is 0 Å². The molecule has 0 spiro atoms. The number of amides is 1. The summed E-state index contributed by atoms with van der Waals surface area (Å²) in [5.41, 5.74) is 2.21. The molecule has 1 N–H and O–H groups in total. The van der Waals surface area contributed by atoms with E-state index < -0.39 is 0 Å². The molecule has 3 aromatic rings. The smallest absolute Gasteiger partial charge is 0.223 e. The van der Waals surface area contributed by atoms with Gasteiger partial charge in [-0.25, -0.2) is 9.37 Å². The van der Waals surface area contributed by atoms with Crippen molar-refractivity contribution in [2.24, 2.45) is 5.92 Å². The second kappa shape index (κ2) is 6.55. The molecule has 0 bridgehead atoms. The van der Waals surface area contributed by atoms with Crippen LogP contribution in [0.2, 0.25) is 0 Å². The quantitative estimate of drug-likeness (QED) is 0.794. The fourth-order valence-electron chi connectivity index (χ4n) is 3.21. The number of carbonyl (C=O) groups is 1. The number of rotatable bonds is 4. The lowest BCUT2D eigenvalue weighted by molar-refractivity contribution is -0.125. The van der Waals surface area contributed by atoms with E-state index in [1.165, 1.54) is 6.07 Å². The van der Waals surface area contributed by atoms with E-state index in [0.29, 0.717) is 23.3 Å². The number of hydrogen-bond donors (Lipinski definition) is 1. The number of carbonyl (C=O) groups excluding carboxylic acids is 1. The van der Waals surface area contributed by atoms with Crippen LogP contribution < -0.4 is 5.32 Å². The fourth-order valence-corrected chi connectivity index (χ4v) is 3.21. The maximum absolute atomic E-state index is 14.3. The number of benzene rings is 1. The van der Waals surface area contributed by atoms with Crippen LogP contribution in [0.4, 0.5) is 4.39 Å². The van der Waals surface area contributed by atoms with Crippen molar-refractivity contribution < 1.29 is 13.6 Å². The zero-order valence-corrected chi connectivity index (χ0v) is 13.6. The molecule has 1 unspecified atom stereocenters. The Hall–Kier alpha value is -2.89. The molecule has 3 heterocycles. The van der Waals surface area contributed by atoms with E-state index in [4.69, 9.17) is 4.42 Å². The molecule has 1 atom stereocenters. The Balaban J connectivity index is 1.39. The summed E-state index contributed by atoms with van der Waals surface area (Å²) in [6.45, 7) is 0.971. The van der Waals surface area contributed by atoms with Gasteiger partial charge in [0.2, 0.25) is 5.91 Å². The normalized spacial score (nSPS) is 16.4. The summed E-state index contributed by atoms with van der Waals surface area (Å²) in [7, 11) is 0. The molecule has 2 aromatic heterocycles. The van der Waals surface area contributed by atoms with Crippen molar-refractivity contribution in [2.75, 3.05) is 0 Å². The number of hydrogen-bond acceptors (Lipinski definition) is 3. The minimum Gasteiger partial charge on any atom is -0.464 e. The van der Waals surface area contributed by atoms with Gasteiger partial charge in [0.15, 0.2) is 0 Å². The average Bonchev–Trinajstić information content (AvgIpc) is 3.31. The Morgan fingerprint density at radius 1 is 1.40 bits per heavy atom. The minimum absolute atomic E-state index is 0.0399. The molecule has 25 heavy (non-hydrogen) atoms. The van der Waals surface area contributed by atoms with Gasteiger partial charge in [-0.15, -0.1) is 0 Å². The van der Waals surface area contributed by atoms with Gasteiger partial charge in [0.05, 0.1) is 12.6 Å². The van der Waals surface area contributed by atoms with Crippen molar-refractivity contribution in [3.05, 3.63) is 66.2 Å². The van der Waals surface area contributed by atoms with Crippen molar-refractivity contribution in [1.82, 2.24) is 14.9 Å². The fraction of sp³-hybridized carbons (Fsp3) is 0.263. The maximum Gasteiger partial charge on any atom is 0.223 e. The highest BCUT2D eigenvalue weighted by atomic mass is 19.1. The SMILES string of the molecule is O=C(NCc1ccc(-c2ccco2)cc1F)C1CCn2cncc2C1. The molecule has 1 aliphatic heterocycles. The number of aromatic nitrogens is 2. The maximum atomic E-state index is 14.3. The Labute approximate surface area is 144 Å². The van der Waals surface area contributed by atoms with Gasteiger partial charge < -0.3 is 14.3 Å². The minimum atomic E-state index is -0.351. The monoisotopic (exact) mass is 339 g/mol. The van der Waals surface area contributed by atoms with Crippen molar-refractivity contribution in [3.8, 4) is 11.3 Å². The number of aryl methyl sites for hydroxylation is 1. The molecule has 1 aromatic carbocycles. The molecule has 4 rings (SSSR count). The molecule has 0 radical (unpaired) electrons. The third kappa shape index (κ3) is 3.20. The summed E-state index contributed by atoms with van der Waals surface area (Å²) >= 11 is 0. The number of furan rings is 1. The third-order valence-electron chi connectivity index (χ3n) is 4.66. The molecule has 0 saturated carbocycles. The van der Waals surface area contributed by atoms with Gasteiger partial charge in [-0.05, 0) is 24.6 Å². The van der Waals surface area contributed by atoms with E-state index in [1.54, 1.807) is 43.1 Å². The van der Waals surface area contributed by atoms with Crippen molar-refractivity contribution in [2.45, 2.75) is 25.9 Å². The van der Waals surface area contributed by atoms with Crippen molar-refractivity contribution >= 4 is 5.91 Å². The largest absolute Gasteiger partial charge is 0.464 e. The summed E-state index contributed by atoms with van der Waals surface area (Å²) in [6.07, 6.45) is 6.59. The van der Waals surface area contributed by atoms with E-state index >= 15 is 0 Å². The van der Waals surface area contributed by atoms with Gasteiger partial charge in [-0.1, -0.05) is 12.1 Å². The van der Waals surface area contributed by atoms with Crippen LogP contribution in [0.1, 0.15) is 17.7 Å². The Morgan fingerprint density at radius 3 is 3.12 bits per heavy atom. The lowest BCUT2D eigenvalue weighted by Crippen LogP contribution is -2.34. The topological polar surface area (TPSA) is 60.1 Å². The van der Waals surface area contributed by atoms with Crippen molar-refractivity contribution in [1.29, 1.82) is 0 Å². The molecule has 0 saturated heterocycles. The number of nitrogens with one attached hydrogen (secondary N) is 1. The Bertz CT molecular complexity index is 886. The Kier molecular flexibility index (Phi) is 4.09. The zero-order chi connectivity index (χ0) is 17.2. The Morgan fingerprint density at radius 2 is 2.32 bits per heavy atom. The second-order valence-electron chi connectivity index (χ2n) is 6.27. The van der Waals surface area contributed by atoms with Gasteiger partial charge in [0.25, 0.3) is 0 Å². The first-order chi connectivity index (χ1) is 12.2. The third-order valence-corrected chi connectivity index (χ3v) is 4.66. The lowest BCUT2D eigenvalue weighted by atomic mass is 9.95. The molecular formula is C19H18FN3O2. The van der Waals surface area contributed by atoms with Gasteiger partial charge in [0, 0.05) is 48.4 Å². The summed E-state index contributed by atoms with van der Waals surface area (Å²) in [6, 6.07) is 8.45. The standard InChI is InChI=1S/C19H18FN3O2/c20-17-9-13(18-2-1-7-25-18)3-4-15(17)10-22-19(24)14-5-6-23-12-21-11-16(23)8-14/h1-4,7,9,11-12,14H,5-6,8,10H2,(H,22,24). The van der Waals surface area contributed by atoms with Crippen LogP contribution >= 0.6 is 0 Å². The average molecular weight is 339 g/mol. The number of fused-ring (bicyclic) bond motifs is 1. The predicted octanol–water partition coefficient (Wildman–Crippen LogP) is 3.16. The molecule has 6 heteroatoms. The molecule has 0 fully saturated rings. The highest BCUT2D eigenvalue weighted by Gasteiger charge is 2.24. The summed E-state index contributed by atoms with van der Waals surface area (Å²) < 4.78 is 21.6. The lowest BCUT2D eigenvalue weighted by Gasteiger charge is -2.23. The first-order valence-corrected chi connectivity index (χ1v) is 8.30. The van der Waals surface area contributed by atoms with Crippen LogP contribution in [-0.2, 0) is 24.3 Å². The summed E-state index contributed by atoms with van der Waals surface area (Å²) in [5.74, 6) is 0.140. The van der Waals surface area contributed by atoms with E-state index in [2.05, 4.69) is 14.9 Å². The zero-order valence-electron chi connectivity index (χ0n) is 13.6. The van der Waals surface area contributed by atoms with Crippen LogP contribution in [0.15, 0.2) is 53.5 Å². The number of halogens is 1. The molecular weight excluding hydrogens is 321 g/mol. The van der Waals surface area contributed by atoms with Crippen LogP contribution in [0, 0.1) is 11.7 Å². The number of imidazole rings is 1. The molecule has 5 nitrogen and oxygen atoms in total. The molecule has 1 aliphatic rings. The van der Waals surface area contributed by atoms with E-state index in [-0.39, 0.29) is 24.2 Å². The first-order valence-electron chi connectivity index (χ1n) is 8.30. The summed E-state index contributed by atoms with van der Waals surface area (Å²) in [5, 5.41) is 2.85. The second-order valence-corrected chi connectivity index (χ2v) is 6.27. The van der Waals surface area contributed by atoms with Gasteiger partial charge in [0.1, 0.15) is 11.6 Å². The summed E-state index contributed by atoms with van der Waals surface area (Å²) in [4.78, 5) is 16.5. The van der Waals surface area contributed by atoms with Gasteiger partial charge in [-0.3, -0.25) is 4.79 Å². The predicted molar refractivity (Wildman–Crippen MR) is 90.0 cm³/mol. The first kappa shape index (κ1) is 15.6. The van der Waals surface area contributed by atoms with Gasteiger partial charge in [-0.2, -0.15) is 0 Å². The van der Waals surface area contributed by atoms with E-state index in [1.807, 2.05) is 0 Å². The highest BCUT2D eigenvalue weighted by molar-refractivity contribution is 5.79. The van der Waals surface area contributed by atoms with E-state index in [9.17, 15) is 9.18 Å². The van der Waals surface area contributed by atoms with Gasteiger partial charge >= 0.3 is 0 Å². The van der Waals surface area contributed by atoms with E-state index in [0.717, 1.165) is 18.7 Å². The molecule has 0 aliphatic carbocycles. The molecule has 1 amide bonds. The molecule has 128 valence electrons. The van der Waals surface area contributed by atoms with Crippen LogP contribution in [0.25, 0.3) is 11.3 Å². The highest BCUT2D eigenvalue weighted by Crippen LogP contribution is 2.23. The van der Waals surface area contributed by atoms with Crippen LogP contribution in [0.5, 0.6) is 0 Å². The van der Waals surface area contributed by atoms with Crippen LogP contribution in [-0.4, -0.2) is 15.5 Å². The van der Waals surface area contributed by atoms with Crippen LogP contribution in [0.3, 0.4) is 0 Å². The number of nitrogens with zero attached hydrogens (tertiary/aromatic N) is 2.